The van der Waals surface area contributed by atoms with Crippen LogP contribution in [0.25, 0.3) is 0 Å². The first-order chi connectivity index (χ1) is 6.95. The van der Waals surface area contributed by atoms with Crippen LogP contribution in [0, 0.1) is 0 Å². The molecule has 1 aromatic heterocycles. The topological polar surface area (TPSA) is 34.1 Å². The van der Waals surface area contributed by atoms with Crippen molar-refractivity contribution < 1.29 is 4.74 Å². The Morgan fingerprint density at radius 2 is 2.50 bits per heavy atom. The number of rotatable bonds is 4. The number of pyridine rings is 1. The quantitative estimate of drug-likeness (QED) is 0.782. The molecule has 0 aliphatic carbocycles. The van der Waals surface area contributed by atoms with E-state index in [1.807, 2.05) is 18.2 Å². The van der Waals surface area contributed by atoms with Crippen molar-refractivity contribution in [2.24, 2.45) is 0 Å². The van der Waals surface area contributed by atoms with Gasteiger partial charge in [0.25, 0.3) is 0 Å². The van der Waals surface area contributed by atoms with E-state index in [4.69, 9.17) is 4.74 Å². The molecule has 1 atom stereocenters. The van der Waals surface area contributed by atoms with Gasteiger partial charge in [0.15, 0.2) is 0 Å². The van der Waals surface area contributed by atoms with Gasteiger partial charge in [-0.05, 0) is 31.5 Å². The second-order valence-electron chi connectivity index (χ2n) is 3.63. The highest BCUT2D eigenvalue weighted by Crippen LogP contribution is 2.06. The van der Waals surface area contributed by atoms with Crippen LogP contribution in [-0.2, 0) is 11.3 Å². The molecule has 0 radical (unpaired) electrons. The van der Waals surface area contributed by atoms with E-state index in [1.165, 1.54) is 12.8 Å². The van der Waals surface area contributed by atoms with Crippen molar-refractivity contribution in [3.05, 3.63) is 30.1 Å². The lowest BCUT2D eigenvalue weighted by Gasteiger charge is -2.10. The van der Waals surface area contributed by atoms with Gasteiger partial charge in [-0.25, -0.2) is 0 Å². The van der Waals surface area contributed by atoms with Gasteiger partial charge < -0.3 is 10.1 Å². The smallest absolute Gasteiger partial charge is 0.0888 e. The first-order valence-electron chi connectivity index (χ1n) is 5.16. The third kappa shape index (κ3) is 2.79. The Balaban J connectivity index is 1.67. The van der Waals surface area contributed by atoms with Crippen LogP contribution in [0.4, 0.5) is 0 Å². The van der Waals surface area contributed by atoms with Crippen molar-refractivity contribution in [2.45, 2.75) is 25.5 Å². The average molecular weight is 192 g/mol. The minimum absolute atomic E-state index is 0.554. The van der Waals surface area contributed by atoms with Gasteiger partial charge in [-0.1, -0.05) is 6.07 Å². The molecule has 1 fully saturated rings. The van der Waals surface area contributed by atoms with Crippen molar-refractivity contribution in [1.82, 2.24) is 10.3 Å². The van der Waals surface area contributed by atoms with Gasteiger partial charge in [0.2, 0.25) is 0 Å². The summed E-state index contributed by atoms with van der Waals surface area (Å²) in [4.78, 5) is 4.20. The van der Waals surface area contributed by atoms with Crippen molar-refractivity contribution in [3.8, 4) is 0 Å². The van der Waals surface area contributed by atoms with Gasteiger partial charge in [-0.2, -0.15) is 0 Å². The van der Waals surface area contributed by atoms with Crippen molar-refractivity contribution in [1.29, 1.82) is 0 Å². The van der Waals surface area contributed by atoms with E-state index in [2.05, 4.69) is 10.3 Å². The molecule has 0 saturated carbocycles. The maximum Gasteiger partial charge on any atom is 0.0888 e. The number of nitrogens with zero attached hydrogens (tertiary/aromatic N) is 1. The molecule has 0 aromatic carbocycles. The van der Waals surface area contributed by atoms with Crippen LogP contribution in [0.15, 0.2) is 24.4 Å². The molecule has 76 valence electrons. The predicted octanol–water partition coefficient (Wildman–Crippen LogP) is 1.35. The number of nitrogens with one attached hydrogen (secondary N) is 1. The molecule has 14 heavy (non-hydrogen) atoms. The first kappa shape index (κ1) is 9.62. The Morgan fingerprint density at radius 3 is 3.21 bits per heavy atom. The van der Waals surface area contributed by atoms with Gasteiger partial charge in [-0.15, -0.1) is 0 Å². The molecule has 1 unspecified atom stereocenters. The minimum atomic E-state index is 0.554. The van der Waals surface area contributed by atoms with Crippen LogP contribution >= 0.6 is 0 Å². The predicted molar refractivity (Wildman–Crippen MR) is 54.9 cm³/mol. The molecule has 2 heterocycles. The van der Waals surface area contributed by atoms with Crippen LogP contribution in [0.3, 0.4) is 0 Å². The molecule has 1 aliphatic rings. The van der Waals surface area contributed by atoms with Crippen molar-refractivity contribution in [3.63, 3.8) is 0 Å². The van der Waals surface area contributed by atoms with E-state index < -0.39 is 0 Å². The lowest BCUT2D eigenvalue weighted by atomic mass is 10.2. The summed E-state index contributed by atoms with van der Waals surface area (Å²) >= 11 is 0. The Hall–Kier alpha value is -0.930. The van der Waals surface area contributed by atoms with Crippen LogP contribution in [0.1, 0.15) is 18.5 Å². The molecule has 1 saturated heterocycles. The largest absolute Gasteiger partial charge is 0.374 e. The average Bonchev–Trinajstić information content (AvgIpc) is 2.72. The summed E-state index contributed by atoms with van der Waals surface area (Å²) in [6.07, 6.45) is 4.31. The maximum absolute atomic E-state index is 5.58. The molecule has 0 amide bonds. The molecular formula is C11H16N2O. The van der Waals surface area contributed by atoms with Crippen LogP contribution < -0.4 is 5.32 Å². The zero-order valence-corrected chi connectivity index (χ0v) is 8.28. The number of aromatic nitrogens is 1. The molecule has 3 heteroatoms. The number of hydrogen-bond acceptors (Lipinski definition) is 3. The summed E-state index contributed by atoms with van der Waals surface area (Å²) in [5, 5.41) is 3.40. The Morgan fingerprint density at radius 1 is 1.50 bits per heavy atom. The van der Waals surface area contributed by atoms with Gasteiger partial charge in [0.05, 0.1) is 18.9 Å². The molecule has 2 rings (SSSR count). The van der Waals surface area contributed by atoms with E-state index in [-0.39, 0.29) is 0 Å². The minimum Gasteiger partial charge on any atom is -0.374 e. The zero-order chi connectivity index (χ0) is 9.64. The first-order valence-corrected chi connectivity index (χ1v) is 5.16. The number of hydrogen-bond donors (Lipinski definition) is 1. The third-order valence-corrected chi connectivity index (χ3v) is 2.46. The highest BCUT2D eigenvalue weighted by molar-refractivity contribution is 5.01. The van der Waals surface area contributed by atoms with E-state index in [0.717, 1.165) is 18.8 Å². The number of ether oxygens (including phenoxy) is 1. The van der Waals surface area contributed by atoms with E-state index >= 15 is 0 Å². The lowest BCUT2D eigenvalue weighted by Crippen LogP contribution is -2.26. The summed E-state index contributed by atoms with van der Waals surface area (Å²) in [5.41, 5.74) is 1.01. The monoisotopic (exact) mass is 192 g/mol. The third-order valence-electron chi connectivity index (χ3n) is 2.46. The molecule has 0 spiro atoms. The van der Waals surface area contributed by atoms with Crippen LogP contribution in [0.2, 0.25) is 0 Å². The summed E-state index contributed by atoms with van der Waals surface area (Å²) in [6, 6.07) is 6.45. The summed E-state index contributed by atoms with van der Waals surface area (Å²) in [7, 11) is 0. The normalized spacial score (nSPS) is 21.3. The van der Waals surface area contributed by atoms with Crippen molar-refractivity contribution >= 4 is 0 Å². The Kier molecular flexibility index (Phi) is 3.49. The maximum atomic E-state index is 5.58. The van der Waals surface area contributed by atoms with Crippen LogP contribution in [0.5, 0.6) is 0 Å². The highest BCUT2D eigenvalue weighted by Gasteiger charge is 2.13. The fourth-order valence-electron chi connectivity index (χ4n) is 1.69. The molecule has 1 N–H and O–H groups in total. The van der Waals surface area contributed by atoms with Crippen LogP contribution in [-0.4, -0.2) is 24.2 Å². The SMILES string of the molecule is c1ccc(COCC2CCCN2)nc1. The second kappa shape index (κ2) is 5.08. The van der Waals surface area contributed by atoms with Gasteiger partial charge in [-0.3, -0.25) is 4.98 Å². The summed E-state index contributed by atoms with van der Waals surface area (Å²) < 4.78 is 5.58. The van der Waals surface area contributed by atoms with Crippen molar-refractivity contribution in [2.75, 3.05) is 13.2 Å². The molecular weight excluding hydrogens is 176 g/mol. The zero-order valence-electron chi connectivity index (χ0n) is 8.28. The summed E-state index contributed by atoms with van der Waals surface area (Å²) in [6.45, 7) is 2.56. The second-order valence-corrected chi connectivity index (χ2v) is 3.63. The molecule has 0 bridgehead atoms. The molecule has 1 aromatic rings. The van der Waals surface area contributed by atoms with E-state index in [9.17, 15) is 0 Å². The standard InChI is InChI=1S/C11H16N2O/c1-2-6-12-10(4-1)8-14-9-11-5-3-7-13-11/h1-2,4,6,11,13H,3,5,7-9H2. The Bertz CT molecular complexity index is 257. The van der Waals surface area contributed by atoms with E-state index in [1.54, 1.807) is 6.20 Å². The lowest BCUT2D eigenvalue weighted by molar-refractivity contribution is 0.101. The van der Waals surface area contributed by atoms with Gasteiger partial charge in [0, 0.05) is 12.2 Å². The molecule has 1 aliphatic heterocycles. The molecule has 3 nitrogen and oxygen atoms in total. The fraction of sp³-hybridized carbons (Fsp3) is 0.545. The Labute approximate surface area is 84.5 Å². The van der Waals surface area contributed by atoms with E-state index in [0.29, 0.717) is 12.6 Å². The van der Waals surface area contributed by atoms with Gasteiger partial charge in [0.1, 0.15) is 0 Å². The highest BCUT2D eigenvalue weighted by atomic mass is 16.5. The van der Waals surface area contributed by atoms with Gasteiger partial charge >= 0.3 is 0 Å². The fourth-order valence-corrected chi connectivity index (χ4v) is 1.69. The summed E-state index contributed by atoms with van der Waals surface area (Å²) in [5.74, 6) is 0.